The molecule has 3 N–H and O–H groups in total. The lowest BCUT2D eigenvalue weighted by molar-refractivity contribution is 0.751. The van der Waals surface area contributed by atoms with Crippen LogP contribution >= 0.6 is 35.3 Å². The predicted molar refractivity (Wildman–Crippen MR) is 119 cm³/mol. The van der Waals surface area contributed by atoms with Crippen LogP contribution < -0.4 is 16.0 Å². The van der Waals surface area contributed by atoms with E-state index in [-0.39, 0.29) is 24.0 Å². The molecule has 0 saturated heterocycles. The Balaban J connectivity index is 0.00000312. The predicted octanol–water partition coefficient (Wildman–Crippen LogP) is 3.75. The Labute approximate surface area is 171 Å². The van der Waals surface area contributed by atoms with Crippen molar-refractivity contribution >= 4 is 47.1 Å². The molecular weight excluding hydrogens is 445 g/mol. The maximum absolute atomic E-state index is 4.63. The molecule has 0 atom stereocenters. The third-order valence-corrected chi connectivity index (χ3v) is 4.35. The van der Waals surface area contributed by atoms with E-state index in [1.165, 1.54) is 4.88 Å². The van der Waals surface area contributed by atoms with Crippen molar-refractivity contribution in [3.8, 4) is 0 Å². The van der Waals surface area contributed by atoms with E-state index in [0.717, 1.165) is 57.2 Å². The molecule has 0 fully saturated rings. The van der Waals surface area contributed by atoms with Crippen LogP contribution in [0.25, 0.3) is 0 Å². The van der Waals surface area contributed by atoms with Crippen LogP contribution in [-0.4, -0.2) is 37.1 Å². The molecule has 2 heterocycles. The summed E-state index contributed by atoms with van der Waals surface area (Å²) in [5.41, 5.74) is 0. The summed E-state index contributed by atoms with van der Waals surface area (Å²) in [7, 11) is 0. The number of halogens is 1. The van der Waals surface area contributed by atoms with Crippen molar-refractivity contribution in [2.24, 2.45) is 4.99 Å². The topological polar surface area (TPSA) is 61.3 Å². The first-order chi connectivity index (χ1) is 11.9. The summed E-state index contributed by atoms with van der Waals surface area (Å²) in [5, 5.41) is 12.1. The summed E-state index contributed by atoms with van der Waals surface area (Å²) >= 11 is 1.80. The molecule has 0 aliphatic carbocycles. The van der Waals surface area contributed by atoms with Crippen molar-refractivity contribution in [2.75, 3.05) is 31.5 Å². The van der Waals surface area contributed by atoms with Gasteiger partial charge in [-0.05, 0) is 49.8 Å². The third kappa shape index (κ3) is 9.64. The summed E-state index contributed by atoms with van der Waals surface area (Å²) in [5.74, 6) is 1.84. The van der Waals surface area contributed by atoms with Gasteiger partial charge in [-0.2, -0.15) is 0 Å². The Morgan fingerprint density at radius 2 is 2.04 bits per heavy atom. The summed E-state index contributed by atoms with van der Waals surface area (Å²) in [6.07, 6.45) is 4.98. The molecule has 0 amide bonds. The molecule has 2 aromatic rings. The number of hydrogen-bond acceptors (Lipinski definition) is 4. The highest BCUT2D eigenvalue weighted by atomic mass is 127. The van der Waals surface area contributed by atoms with Gasteiger partial charge in [0.25, 0.3) is 0 Å². The monoisotopic (exact) mass is 473 g/mol. The molecule has 2 aromatic heterocycles. The fourth-order valence-corrected chi connectivity index (χ4v) is 2.92. The number of guanidine groups is 1. The van der Waals surface area contributed by atoms with Gasteiger partial charge in [0.2, 0.25) is 0 Å². The van der Waals surface area contributed by atoms with Crippen LogP contribution in [-0.2, 0) is 6.42 Å². The van der Waals surface area contributed by atoms with Gasteiger partial charge in [0, 0.05) is 37.3 Å². The number of rotatable bonds is 10. The number of anilines is 1. The van der Waals surface area contributed by atoms with E-state index < -0.39 is 0 Å². The number of thiophene rings is 1. The normalized spacial score (nSPS) is 10.8. The third-order valence-electron chi connectivity index (χ3n) is 3.41. The van der Waals surface area contributed by atoms with Crippen molar-refractivity contribution < 1.29 is 0 Å². The van der Waals surface area contributed by atoms with Crippen LogP contribution in [0.3, 0.4) is 0 Å². The molecule has 0 aliphatic rings. The van der Waals surface area contributed by atoms with Crippen molar-refractivity contribution in [2.45, 2.75) is 26.2 Å². The van der Waals surface area contributed by atoms with Gasteiger partial charge < -0.3 is 16.0 Å². The maximum Gasteiger partial charge on any atom is 0.191 e. The number of unbranched alkanes of at least 4 members (excludes halogenated alkanes) is 1. The van der Waals surface area contributed by atoms with Crippen molar-refractivity contribution in [1.82, 2.24) is 15.6 Å². The van der Waals surface area contributed by atoms with Gasteiger partial charge in [-0.3, -0.25) is 4.99 Å². The summed E-state index contributed by atoms with van der Waals surface area (Å²) in [6, 6.07) is 10.2. The maximum atomic E-state index is 4.63. The molecule has 138 valence electrons. The number of hydrogen-bond donors (Lipinski definition) is 3. The molecule has 0 radical (unpaired) electrons. The number of aliphatic imine (C=N–C) groups is 1. The SMILES string of the molecule is CCNC(=NCCCCNc1ccccn1)NCCc1cccs1.I. The second-order valence-corrected chi connectivity index (χ2v) is 6.40. The molecule has 0 spiro atoms. The minimum absolute atomic E-state index is 0. The Morgan fingerprint density at radius 3 is 2.76 bits per heavy atom. The molecule has 0 aromatic carbocycles. The molecule has 5 nitrogen and oxygen atoms in total. The van der Waals surface area contributed by atoms with Crippen LogP contribution in [0.1, 0.15) is 24.6 Å². The van der Waals surface area contributed by atoms with Crippen LogP contribution in [0, 0.1) is 0 Å². The Morgan fingerprint density at radius 1 is 1.12 bits per heavy atom. The molecule has 25 heavy (non-hydrogen) atoms. The van der Waals surface area contributed by atoms with Crippen molar-refractivity contribution in [3.63, 3.8) is 0 Å². The summed E-state index contributed by atoms with van der Waals surface area (Å²) in [6.45, 7) is 5.64. The van der Waals surface area contributed by atoms with Crippen LogP contribution in [0.2, 0.25) is 0 Å². The molecule has 0 unspecified atom stereocenters. The van der Waals surface area contributed by atoms with Gasteiger partial charge in [-0.1, -0.05) is 12.1 Å². The van der Waals surface area contributed by atoms with E-state index in [1.54, 1.807) is 17.5 Å². The van der Waals surface area contributed by atoms with E-state index in [2.05, 4.69) is 50.4 Å². The Hall–Kier alpha value is -1.35. The van der Waals surface area contributed by atoms with Gasteiger partial charge in [0.05, 0.1) is 0 Å². The van der Waals surface area contributed by atoms with E-state index in [0.29, 0.717) is 0 Å². The van der Waals surface area contributed by atoms with Crippen LogP contribution in [0.5, 0.6) is 0 Å². The number of nitrogens with one attached hydrogen (secondary N) is 3. The van der Waals surface area contributed by atoms with E-state index in [1.807, 2.05) is 18.2 Å². The second-order valence-electron chi connectivity index (χ2n) is 5.37. The van der Waals surface area contributed by atoms with Crippen LogP contribution in [0.15, 0.2) is 46.9 Å². The molecule has 2 rings (SSSR count). The highest BCUT2D eigenvalue weighted by molar-refractivity contribution is 14.0. The zero-order valence-electron chi connectivity index (χ0n) is 14.7. The van der Waals surface area contributed by atoms with Crippen LogP contribution in [0.4, 0.5) is 5.82 Å². The smallest absolute Gasteiger partial charge is 0.191 e. The summed E-state index contributed by atoms with van der Waals surface area (Å²) in [4.78, 5) is 10.3. The fraction of sp³-hybridized carbons (Fsp3) is 0.444. The molecule has 7 heteroatoms. The lowest BCUT2D eigenvalue weighted by Gasteiger charge is -2.11. The van der Waals surface area contributed by atoms with Gasteiger partial charge in [0.1, 0.15) is 5.82 Å². The Bertz CT molecular complexity index is 574. The molecule has 0 bridgehead atoms. The Kier molecular flexibility index (Phi) is 12.0. The van der Waals surface area contributed by atoms with E-state index in [9.17, 15) is 0 Å². The lowest BCUT2D eigenvalue weighted by atomic mass is 10.3. The highest BCUT2D eigenvalue weighted by Crippen LogP contribution is 2.08. The minimum atomic E-state index is 0. The van der Waals surface area contributed by atoms with Gasteiger partial charge in [0.15, 0.2) is 5.96 Å². The zero-order chi connectivity index (χ0) is 16.9. The zero-order valence-corrected chi connectivity index (χ0v) is 17.8. The quantitative estimate of drug-likeness (QED) is 0.213. The standard InChI is InChI=1S/C18H27N5S.HI/c1-2-19-18(23-14-10-16-8-7-15-24-16)22-13-6-5-12-21-17-9-3-4-11-20-17;/h3-4,7-9,11,15H,2,5-6,10,12-14H2,1H3,(H,20,21)(H2,19,22,23);1H. The average Bonchev–Trinajstić information content (AvgIpc) is 3.12. The largest absolute Gasteiger partial charge is 0.370 e. The molecule has 0 saturated carbocycles. The van der Waals surface area contributed by atoms with Crippen molar-refractivity contribution in [3.05, 3.63) is 46.8 Å². The fourth-order valence-electron chi connectivity index (χ4n) is 2.21. The van der Waals surface area contributed by atoms with Gasteiger partial charge in [-0.15, -0.1) is 35.3 Å². The van der Waals surface area contributed by atoms with Gasteiger partial charge in [-0.25, -0.2) is 4.98 Å². The summed E-state index contributed by atoms with van der Waals surface area (Å²) < 4.78 is 0. The van der Waals surface area contributed by atoms with E-state index >= 15 is 0 Å². The highest BCUT2D eigenvalue weighted by Gasteiger charge is 1.98. The minimum Gasteiger partial charge on any atom is -0.370 e. The second kappa shape index (κ2) is 13.9. The number of pyridine rings is 1. The number of nitrogens with zero attached hydrogens (tertiary/aromatic N) is 2. The van der Waals surface area contributed by atoms with Crippen molar-refractivity contribution in [1.29, 1.82) is 0 Å². The molecule has 0 aliphatic heterocycles. The average molecular weight is 473 g/mol. The van der Waals surface area contributed by atoms with Gasteiger partial charge >= 0.3 is 0 Å². The lowest BCUT2D eigenvalue weighted by Crippen LogP contribution is -2.38. The van der Waals surface area contributed by atoms with E-state index in [4.69, 9.17) is 0 Å². The molecular formula is C18H28IN5S. The first-order valence-electron chi connectivity index (χ1n) is 8.58. The first kappa shape index (κ1) is 21.7. The number of aromatic nitrogens is 1. The first-order valence-corrected chi connectivity index (χ1v) is 9.46.